The van der Waals surface area contributed by atoms with Gasteiger partial charge in [-0.1, -0.05) is 18.2 Å². The molecule has 1 aliphatic carbocycles. The molecule has 5 nitrogen and oxygen atoms in total. The second-order valence-electron chi connectivity index (χ2n) is 6.93. The molecule has 0 bridgehead atoms. The molecule has 0 radical (unpaired) electrons. The molecule has 1 aliphatic heterocycles. The highest BCUT2D eigenvalue weighted by atomic mass is 35.5. The van der Waals surface area contributed by atoms with Crippen LogP contribution < -0.4 is 5.32 Å². The van der Waals surface area contributed by atoms with Crippen molar-refractivity contribution >= 4 is 18.3 Å². The predicted octanol–water partition coefficient (Wildman–Crippen LogP) is 2.53. The predicted molar refractivity (Wildman–Crippen MR) is 101 cm³/mol. The minimum Gasteiger partial charge on any atom is -0.334 e. The smallest absolute Gasteiger partial charge is 0.274 e. The summed E-state index contributed by atoms with van der Waals surface area (Å²) in [4.78, 5) is 15.0. The number of rotatable bonds is 2. The van der Waals surface area contributed by atoms with Crippen LogP contribution in [-0.2, 0) is 12.8 Å². The van der Waals surface area contributed by atoms with Gasteiger partial charge in [0.15, 0.2) is 5.69 Å². The Labute approximate surface area is 154 Å². The Morgan fingerprint density at radius 1 is 1.28 bits per heavy atom. The van der Waals surface area contributed by atoms with Crippen molar-refractivity contribution in [1.29, 1.82) is 0 Å². The Morgan fingerprint density at radius 2 is 2.08 bits per heavy atom. The van der Waals surface area contributed by atoms with Gasteiger partial charge in [-0.05, 0) is 44.7 Å². The number of aryl methyl sites for hydroxylation is 1. The lowest BCUT2D eigenvalue weighted by molar-refractivity contribution is 0.0701. The summed E-state index contributed by atoms with van der Waals surface area (Å²) >= 11 is 0. The molecule has 1 saturated heterocycles. The molecule has 4 rings (SSSR count). The molecule has 0 saturated carbocycles. The summed E-state index contributed by atoms with van der Waals surface area (Å²) in [7, 11) is 0. The normalized spacial score (nSPS) is 19.4. The number of para-hydroxylation sites is 1. The van der Waals surface area contributed by atoms with Crippen molar-refractivity contribution in [3.63, 3.8) is 0 Å². The molecular weight excluding hydrogens is 336 g/mol. The fraction of sp³-hybridized carbons (Fsp3) is 0.474. The molecule has 134 valence electrons. The van der Waals surface area contributed by atoms with E-state index < -0.39 is 0 Å². The van der Waals surface area contributed by atoms with Crippen molar-refractivity contribution in [3.8, 4) is 5.69 Å². The van der Waals surface area contributed by atoms with Crippen LogP contribution in [0.2, 0.25) is 0 Å². The van der Waals surface area contributed by atoms with Gasteiger partial charge in [0.1, 0.15) is 0 Å². The van der Waals surface area contributed by atoms with Crippen LogP contribution in [0.3, 0.4) is 0 Å². The molecule has 2 aliphatic rings. The first-order valence-electron chi connectivity index (χ1n) is 8.84. The zero-order valence-corrected chi connectivity index (χ0v) is 15.6. The summed E-state index contributed by atoms with van der Waals surface area (Å²) in [5.74, 6) is 0.0915. The Kier molecular flexibility index (Phi) is 5.16. The first kappa shape index (κ1) is 18.0. The highest BCUT2D eigenvalue weighted by Crippen LogP contribution is 2.29. The number of fused-ring (bicyclic) bond motifs is 1. The van der Waals surface area contributed by atoms with Crippen molar-refractivity contribution in [2.24, 2.45) is 0 Å². The van der Waals surface area contributed by atoms with E-state index in [1.54, 1.807) is 0 Å². The van der Waals surface area contributed by atoms with E-state index in [0.717, 1.165) is 50.1 Å². The lowest BCUT2D eigenvalue weighted by atomic mass is 10.1. The lowest BCUT2D eigenvalue weighted by Gasteiger charge is -2.31. The number of carbonyl (C=O) groups is 1. The number of aromatic nitrogens is 2. The van der Waals surface area contributed by atoms with Crippen molar-refractivity contribution in [1.82, 2.24) is 20.0 Å². The fourth-order valence-corrected chi connectivity index (χ4v) is 3.88. The van der Waals surface area contributed by atoms with Gasteiger partial charge in [-0.2, -0.15) is 5.10 Å². The summed E-state index contributed by atoms with van der Waals surface area (Å²) < 4.78 is 2.01. The number of hydrogen-bond acceptors (Lipinski definition) is 3. The number of carbonyl (C=O) groups excluding carboxylic acids is 1. The van der Waals surface area contributed by atoms with Gasteiger partial charge in [0.2, 0.25) is 0 Å². The van der Waals surface area contributed by atoms with Gasteiger partial charge in [0.05, 0.1) is 5.69 Å². The average Bonchev–Trinajstić information content (AvgIpc) is 3.17. The maximum Gasteiger partial charge on any atom is 0.274 e. The van der Waals surface area contributed by atoms with E-state index in [1.165, 1.54) is 11.3 Å². The molecule has 1 aromatic heterocycles. The summed E-state index contributed by atoms with van der Waals surface area (Å²) in [6, 6.07) is 8.59. The zero-order chi connectivity index (χ0) is 16.7. The van der Waals surface area contributed by atoms with E-state index in [-0.39, 0.29) is 18.3 Å². The van der Waals surface area contributed by atoms with Crippen LogP contribution in [-0.4, -0.2) is 46.3 Å². The Balaban J connectivity index is 0.00000182. The fourth-order valence-electron chi connectivity index (χ4n) is 3.88. The topological polar surface area (TPSA) is 50.2 Å². The van der Waals surface area contributed by atoms with E-state index in [1.807, 2.05) is 21.7 Å². The third kappa shape index (κ3) is 3.18. The number of hydrogen-bond donors (Lipinski definition) is 1. The van der Waals surface area contributed by atoms with E-state index >= 15 is 0 Å². The monoisotopic (exact) mass is 360 g/mol. The molecule has 1 atom stereocenters. The van der Waals surface area contributed by atoms with Crippen molar-refractivity contribution in [3.05, 3.63) is 46.8 Å². The van der Waals surface area contributed by atoms with Gasteiger partial charge in [0.25, 0.3) is 5.91 Å². The van der Waals surface area contributed by atoms with Crippen LogP contribution >= 0.6 is 12.4 Å². The largest absolute Gasteiger partial charge is 0.334 e. The lowest BCUT2D eigenvalue weighted by Crippen LogP contribution is -2.51. The van der Waals surface area contributed by atoms with E-state index in [4.69, 9.17) is 5.10 Å². The van der Waals surface area contributed by atoms with Crippen LogP contribution in [0.1, 0.15) is 40.7 Å². The standard InChI is InChI=1S/C19H24N4O.ClH/c1-13-6-3-4-8-16(13)23-17-9-5-7-15(17)18(21-23)19(24)22-11-10-20-14(2)12-22;/h3-4,6,8,14,20H,5,7,9-12H2,1-2H3;1H. The molecule has 1 aromatic carbocycles. The maximum absolute atomic E-state index is 13.1. The van der Waals surface area contributed by atoms with Gasteiger partial charge in [0, 0.05) is 36.9 Å². The molecule has 6 heteroatoms. The molecule has 2 heterocycles. The van der Waals surface area contributed by atoms with Gasteiger partial charge in [-0.3, -0.25) is 4.79 Å². The molecule has 2 aromatic rings. The van der Waals surface area contributed by atoms with Crippen molar-refractivity contribution in [2.45, 2.75) is 39.2 Å². The van der Waals surface area contributed by atoms with E-state index in [2.05, 4.69) is 31.3 Å². The van der Waals surface area contributed by atoms with Crippen LogP contribution in [0.5, 0.6) is 0 Å². The van der Waals surface area contributed by atoms with Gasteiger partial charge >= 0.3 is 0 Å². The third-order valence-electron chi connectivity index (χ3n) is 5.13. The maximum atomic E-state index is 13.1. The zero-order valence-electron chi connectivity index (χ0n) is 14.8. The Bertz CT molecular complexity index is 786. The van der Waals surface area contributed by atoms with Gasteiger partial charge in [-0.15, -0.1) is 12.4 Å². The molecule has 1 unspecified atom stereocenters. The number of halogens is 1. The van der Waals surface area contributed by atoms with Crippen molar-refractivity contribution in [2.75, 3.05) is 19.6 Å². The number of nitrogens with zero attached hydrogens (tertiary/aromatic N) is 3. The van der Waals surface area contributed by atoms with Gasteiger partial charge < -0.3 is 10.2 Å². The number of amides is 1. The molecular formula is C19H25ClN4O. The third-order valence-corrected chi connectivity index (χ3v) is 5.13. The minimum absolute atomic E-state index is 0. The second kappa shape index (κ2) is 7.18. The summed E-state index contributed by atoms with van der Waals surface area (Å²) in [5, 5.41) is 8.16. The summed E-state index contributed by atoms with van der Waals surface area (Å²) in [5.41, 5.74) is 5.32. The number of benzene rings is 1. The summed E-state index contributed by atoms with van der Waals surface area (Å²) in [6.07, 6.45) is 3.07. The molecule has 1 fully saturated rings. The first-order chi connectivity index (χ1) is 11.6. The molecule has 1 amide bonds. The highest BCUT2D eigenvalue weighted by molar-refractivity contribution is 5.94. The Hall–Kier alpha value is -1.85. The van der Waals surface area contributed by atoms with Crippen LogP contribution in [0.15, 0.2) is 24.3 Å². The SMILES string of the molecule is Cc1ccccc1-n1nc(C(=O)N2CCNC(C)C2)c2c1CCC2.Cl. The van der Waals surface area contributed by atoms with E-state index in [9.17, 15) is 4.79 Å². The van der Waals surface area contributed by atoms with Gasteiger partial charge in [-0.25, -0.2) is 4.68 Å². The second-order valence-corrected chi connectivity index (χ2v) is 6.93. The minimum atomic E-state index is 0. The number of nitrogens with one attached hydrogen (secondary N) is 1. The van der Waals surface area contributed by atoms with Crippen LogP contribution in [0, 0.1) is 6.92 Å². The quantitative estimate of drug-likeness (QED) is 0.895. The average molecular weight is 361 g/mol. The molecule has 0 spiro atoms. The first-order valence-corrected chi connectivity index (χ1v) is 8.84. The van der Waals surface area contributed by atoms with Crippen molar-refractivity contribution < 1.29 is 4.79 Å². The molecule has 25 heavy (non-hydrogen) atoms. The van der Waals surface area contributed by atoms with Crippen LogP contribution in [0.25, 0.3) is 5.69 Å². The van der Waals surface area contributed by atoms with E-state index in [0.29, 0.717) is 11.7 Å². The number of piperazine rings is 1. The Morgan fingerprint density at radius 3 is 2.84 bits per heavy atom. The van der Waals surface area contributed by atoms with Crippen LogP contribution in [0.4, 0.5) is 0 Å². The molecule has 1 N–H and O–H groups in total. The highest BCUT2D eigenvalue weighted by Gasteiger charge is 2.31. The summed E-state index contributed by atoms with van der Waals surface area (Å²) in [6.45, 7) is 6.58.